The summed E-state index contributed by atoms with van der Waals surface area (Å²) in [5.41, 5.74) is 2.60. The Balaban J connectivity index is 1.56. The molecule has 0 saturated heterocycles. The maximum absolute atomic E-state index is 13.8. The van der Waals surface area contributed by atoms with Crippen LogP contribution in [-0.4, -0.2) is 30.6 Å². The number of anilines is 1. The van der Waals surface area contributed by atoms with Crippen LogP contribution in [0.1, 0.15) is 83.3 Å². The Morgan fingerprint density at radius 3 is 2.42 bits per heavy atom. The Labute approximate surface area is 227 Å². The minimum absolute atomic E-state index is 0.0416. The molecule has 0 N–H and O–H groups in total. The third-order valence-electron chi connectivity index (χ3n) is 7.10. The number of carbonyl (C=O) groups is 3. The lowest BCUT2D eigenvalue weighted by Gasteiger charge is -2.30. The zero-order valence-corrected chi connectivity index (χ0v) is 22.8. The molecule has 0 aliphatic heterocycles. The largest absolute Gasteiger partial charge is 0.466 e. The van der Waals surface area contributed by atoms with E-state index in [9.17, 15) is 14.4 Å². The summed E-state index contributed by atoms with van der Waals surface area (Å²) in [6.45, 7) is 4.68. The van der Waals surface area contributed by atoms with E-state index in [0.717, 1.165) is 49.7 Å². The third-order valence-corrected chi connectivity index (χ3v) is 7.10. The molecule has 38 heavy (non-hydrogen) atoms. The van der Waals surface area contributed by atoms with Crippen molar-refractivity contribution in [3.63, 3.8) is 0 Å². The van der Waals surface area contributed by atoms with E-state index >= 15 is 0 Å². The summed E-state index contributed by atoms with van der Waals surface area (Å²) in [7, 11) is 1.32. The first-order valence-corrected chi connectivity index (χ1v) is 13.5. The van der Waals surface area contributed by atoms with E-state index < -0.39 is 18.1 Å². The number of rotatable bonds is 8. The van der Waals surface area contributed by atoms with Crippen LogP contribution in [0.25, 0.3) is 6.08 Å². The lowest BCUT2D eigenvalue weighted by molar-refractivity contribution is -0.156. The van der Waals surface area contributed by atoms with Gasteiger partial charge in [0.1, 0.15) is 5.60 Å². The molecule has 2 saturated carbocycles. The van der Waals surface area contributed by atoms with Gasteiger partial charge in [-0.05, 0) is 80.9 Å². The maximum atomic E-state index is 13.8. The molecule has 4 rings (SSSR count). The summed E-state index contributed by atoms with van der Waals surface area (Å²) < 4.78 is 19.4. The highest BCUT2D eigenvalue weighted by Crippen LogP contribution is 2.48. The quantitative estimate of drug-likeness (QED) is 0.297. The number of esters is 2. The Bertz CT molecular complexity index is 1210. The van der Waals surface area contributed by atoms with Crippen molar-refractivity contribution in [1.29, 1.82) is 0 Å². The average molecular weight is 519 g/mol. The molecule has 2 fully saturated rings. The maximum Gasteiger partial charge on any atom is 0.330 e. The number of benzene rings is 2. The number of nitrogens with zero attached hydrogens (tertiary/aromatic N) is 1. The predicted molar refractivity (Wildman–Crippen MR) is 148 cm³/mol. The van der Waals surface area contributed by atoms with Crippen molar-refractivity contribution in [2.75, 3.05) is 12.0 Å². The minimum atomic E-state index is -0.936. The van der Waals surface area contributed by atoms with Crippen LogP contribution in [0.5, 0.6) is 0 Å². The van der Waals surface area contributed by atoms with Crippen molar-refractivity contribution in [2.24, 2.45) is 11.8 Å². The van der Waals surface area contributed by atoms with E-state index in [1.807, 2.05) is 69.3 Å². The second-order valence-electron chi connectivity index (χ2n) is 11.3. The predicted octanol–water partition coefficient (Wildman–Crippen LogP) is 6.43. The number of hydrogen-bond donors (Lipinski definition) is 0. The molecule has 0 aromatic heterocycles. The molecular formula is C32H39NO5. The van der Waals surface area contributed by atoms with Crippen LogP contribution < -0.4 is 4.90 Å². The van der Waals surface area contributed by atoms with Gasteiger partial charge in [0.2, 0.25) is 5.91 Å². The van der Waals surface area contributed by atoms with E-state index in [0.29, 0.717) is 11.3 Å². The molecular weight excluding hydrogens is 478 g/mol. The van der Waals surface area contributed by atoms with E-state index in [4.69, 9.17) is 6.11 Å². The molecule has 2 aromatic rings. The van der Waals surface area contributed by atoms with E-state index in [1.54, 1.807) is 11.0 Å². The summed E-state index contributed by atoms with van der Waals surface area (Å²) in [4.78, 5) is 39.4. The Kier molecular flexibility index (Phi) is 8.26. The van der Waals surface area contributed by atoms with Gasteiger partial charge in [-0.3, -0.25) is 9.59 Å². The van der Waals surface area contributed by atoms with E-state index in [2.05, 4.69) is 4.74 Å². The van der Waals surface area contributed by atoms with Gasteiger partial charge in [0.15, 0.2) is 0 Å². The molecule has 2 aliphatic carbocycles. The van der Waals surface area contributed by atoms with Gasteiger partial charge >= 0.3 is 11.9 Å². The van der Waals surface area contributed by atoms with Crippen LogP contribution in [0.15, 0.2) is 54.6 Å². The van der Waals surface area contributed by atoms with Gasteiger partial charge in [-0.2, -0.15) is 0 Å². The second-order valence-corrected chi connectivity index (χ2v) is 11.3. The minimum Gasteiger partial charge on any atom is -0.466 e. The molecule has 1 amide bonds. The van der Waals surface area contributed by atoms with E-state index in [1.165, 1.54) is 13.2 Å². The molecule has 6 heteroatoms. The molecule has 0 spiro atoms. The summed E-state index contributed by atoms with van der Waals surface area (Å²) in [6.07, 6.45) is 8.57. The Morgan fingerprint density at radius 1 is 1.05 bits per heavy atom. The van der Waals surface area contributed by atoms with E-state index in [-0.39, 0.29) is 29.6 Å². The van der Waals surface area contributed by atoms with Gasteiger partial charge in [0.25, 0.3) is 0 Å². The molecule has 0 bridgehead atoms. The highest BCUT2D eigenvalue weighted by Gasteiger charge is 2.46. The third kappa shape index (κ3) is 7.33. The van der Waals surface area contributed by atoms with Gasteiger partial charge in [-0.15, -0.1) is 0 Å². The van der Waals surface area contributed by atoms with Crippen LogP contribution in [0, 0.1) is 11.8 Å². The van der Waals surface area contributed by atoms with Gasteiger partial charge in [-0.1, -0.05) is 55.7 Å². The molecule has 0 heterocycles. The van der Waals surface area contributed by atoms with Crippen molar-refractivity contribution < 1.29 is 25.2 Å². The van der Waals surface area contributed by atoms with Crippen LogP contribution in [0.2, 0.25) is 0 Å². The lowest BCUT2D eigenvalue weighted by Crippen LogP contribution is -2.36. The molecule has 2 aliphatic rings. The topological polar surface area (TPSA) is 72.9 Å². The summed E-state index contributed by atoms with van der Waals surface area (Å²) >= 11 is 0. The molecule has 6 nitrogen and oxygen atoms in total. The zero-order valence-electron chi connectivity index (χ0n) is 23.8. The van der Waals surface area contributed by atoms with Gasteiger partial charge < -0.3 is 14.4 Å². The van der Waals surface area contributed by atoms with Crippen molar-refractivity contribution in [3.8, 4) is 0 Å². The fourth-order valence-corrected chi connectivity index (χ4v) is 5.00. The standard InChI is InChI=1S/C32H39NO5/c1-32(2,3)38-31(36)28-20-27(28)24-16-13-23(14-17-24)21-33(30(35)25-10-6-5-7-11-25)26-12-8-9-22(19-26)15-18-29(34)37-4/h8-9,12-19,25,27-28H,5-7,10-11,20-21H2,1-4H3/b18-15+/i21D. The number of carbonyl (C=O) groups excluding carboxylic acids is 3. The molecule has 2 aromatic carbocycles. The normalized spacial score (nSPS) is 20.9. The van der Waals surface area contributed by atoms with Crippen LogP contribution in [0.3, 0.4) is 0 Å². The Morgan fingerprint density at radius 2 is 1.76 bits per heavy atom. The Hall–Kier alpha value is -3.41. The van der Waals surface area contributed by atoms with Crippen molar-refractivity contribution in [3.05, 3.63) is 71.3 Å². The number of amides is 1. The number of ether oxygens (including phenoxy) is 2. The summed E-state index contributed by atoms with van der Waals surface area (Å²) in [5.74, 6) is -0.788. The fourth-order valence-electron chi connectivity index (χ4n) is 5.00. The number of hydrogen-bond acceptors (Lipinski definition) is 5. The summed E-state index contributed by atoms with van der Waals surface area (Å²) in [6, 6.07) is 15.0. The molecule has 3 unspecified atom stereocenters. The first kappa shape index (κ1) is 26.2. The van der Waals surface area contributed by atoms with Crippen LogP contribution in [-0.2, 0) is 30.4 Å². The number of methoxy groups -OCH3 is 1. The van der Waals surface area contributed by atoms with Gasteiger partial charge in [0, 0.05) is 17.7 Å². The smallest absolute Gasteiger partial charge is 0.330 e. The SMILES string of the molecule is [2H]C(c1ccc(C2CC2C(=O)OC(C)(C)C)cc1)N(C(=O)C1CCCCC1)c1cccc(/C=C/C(=O)OC)c1. The molecule has 0 radical (unpaired) electrons. The first-order valence-electron chi connectivity index (χ1n) is 14.1. The van der Waals surface area contributed by atoms with Crippen LogP contribution >= 0.6 is 0 Å². The zero-order chi connectivity index (χ0) is 28.2. The van der Waals surface area contributed by atoms with Crippen molar-refractivity contribution in [1.82, 2.24) is 0 Å². The fraction of sp³-hybridized carbons (Fsp3) is 0.469. The van der Waals surface area contributed by atoms with Gasteiger partial charge in [0.05, 0.1) is 20.9 Å². The highest BCUT2D eigenvalue weighted by molar-refractivity contribution is 5.95. The van der Waals surface area contributed by atoms with Crippen molar-refractivity contribution >= 4 is 29.6 Å². The average Bonchev–Trinajstić information content (AvgIpc) is 3.73. The van der Waals surface area contributed by atoms with Gasteiger partial charge in [-0.25, -0.2) is 4.79 Å². The molecule has 3 atom stereocenters. The van der Waals surface area contributed by atoms with Crippen LogP contribution in [0.4, 0.5) is 5.69 Å². The highest BCUT2D eigenvalue weighted by atomic mass is 16.6. The first-order chi connectivity index (χ1) is 18.6. The second kappa shape index (κ2) is 12.0. The van der Waals surface area contributed by atoms with Crippen molar-refractivity contribution in [2.45, 2.75) is 77.3 Å². The monoisotopic (exact) mass is 518 g/mol. The lowest BCUT2D eigenvalue weighted by atomic mass is 9.88. The summed E-state index contributed by atoms with van der Waals surface area (Å²) in [5, 5.41) is 0. The molecule has 202 valence electrons.